The average molecular weight is 343 g/mol. The molecule has 2 aromatic carbocycles. The fraction of sp³-hybridized carbons (Fsp3) is 0.211. The highest BCUT2D eigenvalue weighted by Gasteiger charge is 2.08. The fourth-order valence-corrected chi connectivity index (χ4v) is 2.58. The van der Waals surface area contributed by atoms with Crippen molar-refractivity contribution in [1.29, 1.82) is 0 Å². The molecule has 0 bridgehead atoms. The predicted molar refractivity (Wildman–Crippen MR) is 94.4 cm³/mol. The van der Waals surface area contributed by atoms with E-state index in [1.807, 2.05) is 47.2 Å². The Morgan fingerprint density at radius 2 is 1.71 bits per heavy atom. The van der Waals surface area contributed by atoms with Crippen LogP contribution in [-0.4, -0.2) is 14.7 Å². The molecule has 0 amide bonds. The molecule has 4 nitrogen and oxygen atoms in total. The Morgan fingerprint density at radius 3 is 2.33 bits per heavy atom. The fourth-order valence-electron chi connectivity index (χ4n) is 2.45. The van der Waals surface area contributed by atoms with E-state index >= 15 is 0 Å². The molecular formula is C19H19ClN2O2. The number of benzene rings is 2. The molecule has 0 aliphatic rings. The standard InChI is InChI=1S/C19H19ClN2O2/c20-16-5-9-18(10-6-16)24-17-7-3-15(4-8-17)19(23)2-1-12-22-13-11-21-14-22/h3-11,13-14,19,23H,1-2,12H2. The molecule has 1 heterocycles. The van der Waals surface area contributed by atoms with E-state index in [4.69, 9.17) is 16.3 Å². The number of halogens is 1. The highest BCUT2D eigenvalue weighted by molar-refractivity contribution is 6.30. The van der Waals surface area contributed by atoms with Crippen LogP contribution in [0.4, 0.5) is 0 Å². The highest BCUT2D eigenvalue weighted by Crippen LogP contribution is 2.26. The molecule has 24 heavy (non-hydrogen) atoms. The Balaban J connectivity index is 1.52. The summed E-state index contributed by atoms with van der Waals surface area (Å²) in [5, 5.41) is 11.0. The third-order valence-corrected chi connectivity index (χ3v) is 4.02. The summed E-state index contributed by atoms with van der Waals surface area (Å²) in [7, 11) is 0. The summed E-state index contributed by atoms with van der Waals surface area (Å²) in [6.07, 6.45) is 6.59. The third kappa shape index (κ3) is 4.60. The van der Waals surface area contributed by atoms with E-state index in [0.29, 0.717) is 11.4 Å². The van der Waals surface area contributed by atoms with Crippen LogP contribution in [0.15, 0.2) is 67.3 Å². The zero-order chi connectivity index (χ0) is 16.8. The van der Waals surface area contributed by atoms with E-state index in [0.717, 1.165) is 30.0 Å². The summed E-state index contributed by atoms with van der Waals surface area (Å²) in [4.78, 5) is 4.01. The first-order valence-electron chi connectivity index (χ1n) is 7.88. The maximum atomic E-state index is 10.3. The van der Waals surface area contributed by atoms with Gasteiger partial charge < -0.3 is 14.4 Å². The summed E-state index contributed by atoms with van der Waals surface area (Å²) in [6, 6.07) is 14.7. The molecule has 1 N–H and O–H groups in total. The molecule has 5 heteroatoms. The van der Waals surface area contributed by atoms with Crippen molar-refractivity contribution in [3.05, 3.63) is 77.8 Å². The van der Waals surface area contributed by atoms with Crippen LogP contribution in [0, 0.1) is 0 Å². The summed E-state index contributed by atoms with van der Waals surface area (Å²) in [5.74, 6) is 1.46. The van der Waals surface area contributed by atoms with Crippen LogP contribution in [0.3, 0.4) is 0 Å². The van der Waals surface area contributed by atoms with Gasteiger partial charge in [-0.2, -0.15) is 0 Å². The van der Waals surface area contributed by atoms with Crippen molar-refractivity contribution in [2.45, 2.75) is 25.5 Å². The van der Waals surface area contributed by atoms with Gasteiger partial charge in [-0.1, -0.05) is 23.7 Å². The number of rotatable bonds is 7. The molecule has 3 aromatic rings. The minimum atomic E-state index is -0.474. The van der Waals surface area contributed by atoms with Gasteiger partial charge in [-0.05, 0) is 54.8 Å². The Morgan fingerprint density at radius 1 is 1.04 bits per heavy atom. The van der Waals surface area contributed by atoms with Gasteiger partial charge in [0.25, 0.3) is 0 Å². The first-order valence-corrected chi connectivity index (χ1v) is 8.26. The number of aryl methyl sites for hydroxylation is 1. The minimum Gasteiger partial charge on any atom is -0.457 e. The van der Waals surface area contributed by atoms with E-state index in [-0.39, 0.29) is 0 Å². The predicted octanol–water partition coefficient (Wildman–Crippen LogP) is 4.84. The van der Waals surface area contributed by atoms with Gasteiger partial charge >= 0.3 is 0 Å². The van der Waals surface area contributed by atoms with Crippen LogP contribution in [0.5, 0.6) is 11.5 Å². The molecule has 1 atom stereocenters. The van der Waals surface area contributed by atoms with Crippen molar-refractivity contribution in [2.75, 3.05) is 0 Å². The summed E-state index contributed by atoms with van der Waals surface area (Å²) >= 11 is 5.86. The SMILES string of the molecule is OC(CCCn1ccnc1)c1ccc(Oc2ccc(Cl)cc2)cc1. The number of imidazole rings is 1. The summed E-state index contributed by atoms with van der Waals surface area (Å²) < 4.78 is 7.76. The average Bonchev–Trinajstić information content (AvgIpc) is 3.11. The van der Waals surface area contributed by atoms with Gasteiger partial charge in [0.1, 0.15) is 11.5 Å². The largest absolute Gasteiger partial charge is 0.457 e. The molecule has 0 fully saturated rings. The number of aromatic nitrogens is 2. The number of hydrogen-bond acceptors (Lipinski definition) is 3. The Bertz CT molecular complexity index is 740. The molecule has 0 aliphatic carbocycles. The van der Waals surface area contributed by atoms with E-state index in [2.05, 4.69) is 4.98 Å². The summed E-state index contributed by atoms with van der Waals surface area (Å²) in [5.41, 5.74) is 0.893. The van der Waals surface area contributed by atoms with E-state index in [9.17, 15) is 5.11 Å². The molecule has 1 unspecified atom stereocenters. The van der Waals surface area contributed by atoms with Gasteiger partial charge in [0.2, 0.25) is 0 Å². The van der Waals surface area contributed by atoms with Gasteiger partial charge in [-0.25, -0.2) is 4.98 Å². The lowest BCUT2D eigenvalue weighted by Crippen LogP contribution is -2.01. The number of hydrogen-bond donors (Lipinski definition) is 1. The van der Waals surface area contributed by atoms with Crippen molar-refractivity contribution in [1.82, 2.24) is 9.55 Å². The van der Waals surface area contributed by atoms with Crippen molar-refractivity contribution in [3.63, 3.8) is 0 Å². The second-order valence-corrected chi connectivity index (χ2v) is 6.02. The zero-order valence-corrected chi connectivity index (χ0v) is 13.9. The zero-order valence-electron chi connectivity index (χ0n) is 13.2. The lowest BCUT2D eigenvalue weighted by Gasteiger charge is -2.12. The second kappa shape index (κ2) is 7.99. The highest BCUT2D eigenvalue weighted by atomic mass is 35.5. The lowest BCUT2D eigenvalue weighted by atomic mass is 10.0. The first-order chi connectivity index (χ1) is 11.7. The lowest BCUT2D eigenvalue weighted by molar-refractivity contribution is 0.162. The van der Waals surface area contributed by atoms with Crippen LogP contribution in [-0.2, 0) is 6.54 Å². The minimum absolute atomic E-state index is 0.474. The van der Waals surface area contributed by atoms with Crippen LogP contribution in [0.2, 0.25) is 5.02 Å². The molecule has 3 rings (SSSR count). The second-order valence-electron chi connectivity index (χ2n) is 5.58. The number of ether oxygens (including phenoxy) is 1. The van der Waals surface area contributed by atoms with E-state index < -0.39 is 6.10 Å². The van der Waals surface area contributed by atoms with Crippen molar-refractivity contribution in [2.24, 2.45) is 0 Å². The number of aliphatic hydroxyl groups excluding tert-OH is 1. The molecule has 124 valence electrons. The maximum Gasteiger partial charge on any atom is 0.127 e. The normalized spacial score (nSPS) is 12.1. The van der Waals surface area contributed by atoms with Crippen molar-refractivity contribution >= 4 is 11.6 Å². The van der Waals surface area contributed by atoms with Crippen LogP contribution >= 0.6 is 11.6 Å². The third-order valence-electron chi connectivity index (χ3n) is 3.77. The van der Waals surface area contributed by atoms with E-state index in [1.54, 1.807) is 24.7 Å². The molecule has 0 saturated carbocycles. The number of aliphatic hydroxyl groups is 1. The Kier molecular flexibility index (Phi) is 5.51. The van der Waals surface area contributed by atoms with Gasteiger partial charge in [-0.15, -0.1) is 0 Å². The molecule has 0 spiro atoms. The van der Waals surface area contributed by atoms with Crippen LogP contribution < -0.4 is 4.74 Å². The van der Waals surface area contributed by atoms with Gasteiger partial charge in [0, 0.05) is 24.0 Å². The summed E-state index contributed by atoms with van der Waals surface area (Å²) in [6.45, 7) is 0.856. The molecule has 1 aromatic heterocycles. The van der Waals surface area contributed by atoms with Gasteiger partial charge in [0.05, 0.1) is 12.4 Å². The van der Waals surface area contributed by atoms with E-state index in [1.165, 1.54) is 0 Å². The Hall–Kier alpha value is -2.30. The van der Waals surface area contributed by atoms with Crippen LogP contribution in [0.25, 0.3) is 0 Å². The van der Waals surface area contributed by atoms with Gasteiger partial charge in [0.15, 0.2) is 0 Å². The quantitative estimate of drug-likeness (QED) is 0.668. The Labute approximate surface area is 146 Å². The number of nitrogens with zero attached hydrogens (tertiary/aromatic N) is 2. The molecular weight excluding hydrogens is 324 g/mol. The monoisotopic (exact) mass is 342 g/mol. The molecule has 0 saturated heterocycles. The topological polar surface area (TPSA) is 47.3 Å². The molecule has 0 aliphatic heterocycles. The smallest absolute Gasteiger partial charge is 0.127 e. The molecule has 0 radical (unpaired) electrons. The van der Waals surface area contributed by atoms with Crippen molar-refractivity contribution < 1.29 is 9.84 Å². The van der Waals surface area contributed by atoms with Crippen LogP contribution in [0.1, 0.15) is 24.5 Å². The first kappa shape index (κ1) is 16.6. The maximum absolute atomic E-state index is 10.3. The van der Waals surface area contributed by atoms with Gasteiger partial charge in [-0.3, -0.25) is 0 Å². The van der Waals surface area contributed by atoms with Crippen molar-refractivity contribution in [3.8, 4) is 11.5 Å².